The van der Waals surface area contributed by atoms with Gasteiger partial charge in [-0.3, -0.25) is 4.79 Å². The monoisotopic (exact) mass is 289 g/mol. The van der Waals surface area contributed by atoms with Crippen LogP contribution < -0.4 is 5.32 Å². The number of nitrogens with one attached hydrogen (secondary N) is 1. The van der Waals surface area contributed by atoms with Crippen molar-refractivity contribution in [2.75, 3.05) is 13.2 Å². The number of para-hydroxylation sites is 2. The fraction of sp³-hybridized carbons (Fsp3) is 0.500. The van der Waals surface area contributed by atoms with E-state index in [9.17, 15) is 4.79 Å². The van der Waals surface area contributed by atoms with Crippen molar-refractivity contribution in [2.45, 2.75) is 32.7 Å². The van der Waals surface area contributed by atoms with Crippen LogP contribution in [0.4, 0.5) is 0 Å². The first-order valence-corrected chi connectivity index (χ1v) is 7.43. The van der Waals surface area contributed by atoms with Crippen LogP contribution in [0.25, 0.3) is 11.0 Å². The Bertz CT molecular complexity index is 594. The highest BCUT2D eigenvalue weighted by Gasteiger charge is 2.16. The van der Waals surface area contributed by atoms with Gasteiger partial charge in [0.15, 0.2) is 0 Å². The molecule has 1 aromatic carbocycles. The Morgan fingerprint density at radius 3 is 2.90 bits per heavy atom. The molecule has 5 nitrogen and oxygen atoms in total. The second-order valence-corrected chi connectivity index (χ2v) is 5.54. The van der Waals surface area contributed by atoms with E-state index in [1.807, 2.05) is 42.7 Å². The maximum atomic E-state index is 12.2. The topological polar surface area (TPSA) is 67.2 Å². The largest absolute Gasteiger partial charge is 0.396 e. The number of rotatable bonds is 7. The molecule has 2 unspecified atom stereocenters. The second-order valence-electron chi connectivity index (χ2n) is 5.54. The van der Waals surface area contributed by atoms with Crippen molar-refractivity contribution in [3.8, 4) is 0 Å². The number of aromatic nitrogens is 2. The van der Waals surface area contributed by atoms with Crippen LogP contribution in [0.5, 0.6) is 0 Å². The Morgan fingerprint density at radius 1 is 1.38 bits per heavy atom. The second kappa shape index (κ2) is 7.22. The average Bonchev–Trinajstić information content (AvgIpc) is 2.94. The minimum Gasteiger partial charge on any atom is -0.396 e. The summed E-state index contributed by atoms with van der Waals surface area (Å²) in [6.07, 6.45) is 3.51. The molecule has 1 aromatic heterocycles. The molecule has 2 N–H and O–H groups in total. The molecule has 0 aliphatic heterocycles. The van der Waals surface area contributed by atoms with Gasteiger partial charge in [-0.25, -0.2) is 4.98 Å². The standard InChI is InChI=1S/C16H23N3O2/c1-12(10-20)6-5-9-17-16(21)13(2)19-11-18-14-7-3-4-8-15(14)19/h3-4,7-8,11-13,20H,5-6,9-10H2,1-2H3,(H,17,21). The molecule has 0 aliphatic rings. The third kappa shape index (κ3) is 3.82. The predicted molar refractivity (Wildman–Crippen MR) is 82.9 cm³/mol. The summed E-state index contributed by atoms with van der Waals surface area (Å²) in [7, 11) is 0. The number of hydrogen-bond donors (Lipinski definition) is 2. The van der Waals surface area contributed by atoms with Gasteiger partial charge in [-0.2, -0.15) is 0 Å². The van der Waals surface area contributed by atoms with Crippen molar-refractivity contribution >= 4 is 16.9 Å². The van der Waals surface area contributed by atoms with Gasteiger partial charge in [-0.1, -0.05) is 19.1 Å². The molecule has 0 saturated carbocycles. The molecule has 21 heavy (non-hydrogen) atoms. The van der Waals surface area contributed by atoms with Crippen LogP contribution in [0.2, 0.25) is 0 Å². The minimum absolute atomic E-state index is 0.00481. The zero-order valence-electron chi connectivity index (χ0n) is 12.6. The summed E-state index contributed by atoms with van der Waals surface area (Å²) in [6.45, 7) is 4.72. The first-order valence-electron chi connectivity index (χ1n) is 7.43. The van der Waals surface area contributed by atoms with Gasteiger partial charge in [-0.05, 0) is 37.8 Å². The number of benzene rings is 1. The lowest BCUT2D eigenvalue weighted by molar-refractivity contribution is -0.123. The van der Waals surface area contributed by atoms with Crippen molar-refractivity contribution in [2.24, 2.45) is 5.92 Å². The summed E-state index contributed by atoms with van der Waals surface area (Å²) in [5, 5.41) is 11.9. The highest BCUT2D eigenvalue weighted by Crippen LogP contribution is 2.17. The van der Waals surface area contributed by atoms with Gasteiger partial charge in [0, 0.05) is 13.2 Å². The highest BCUT2D eigenvalue weighted by molar-refractivity contribution is 5.83. The molecular formula is C16H23N3O2. The fourth-order valence-corrected chi connectivity index (χ4v) is 2.31. The molecular weight excluding hydrogens is 266 g/mol. The lowest BCUT2D eigenvalue weighted by Crippen LogP contribution is -2.31. The summed E-state index contributed by atoms with van der Waals surface area (Å²) < 4.78 is 1.89. The maximum Gasteiger partial charge on any atom is 0.242 e. The summed E-state index contributed by atoms with van der Waals surface area (Å²) in [5.41, 5.74) is 1.86. The van der Waals surface area contributed by atoms with E-state index in [0.717, 1.165) is 23.9 Å². The van der Waals surface area contributed by atoms with E-state index in [4.69, 9.17) is 5.11 Å². The summed E-state index contributed by atoms with van der Waals surface area (Å²) in [6, 6.07) is 7.50. The van der Waals surface area contributed by atoms with E-state index in [0.29, 0.717) is 6.54 Å². The molecule has 1 heterocycles. The Hall–Kier alpha value is -1.88. The third-order valence-electron chi connectivity index (χ3n) is 3.76. The number of fused-ring (bicyclic) bond motifs is 1. The number of carbonyl (C=O) groups is 1. The lowest BCUT2D eigenvalue weighted by atomic mass is 10.1. The predicted octanol–water partition coefficient (Wildman–Crippen LogP) is 2.12. The van der Waals surface area contributed by atoms with Gasteiger partial charge in [-0.15, -0.1) is 0 Å². The summed E-state index contributed by atoms with van der Waals surface area (Å²) >= 11 is 0. The Morgan fingerprint density at radius 2 is 2.14 bits per heavy atom. The molecule has 114 valence electrons. The number of hydrogen-bond acceptors (Lipinski definition) is 3. The van der Waals surface area contributed by atoms with Gasteiger partial charge in [0.05, 0.1) is 17.4 Å². The number of aliphatic hydroxyl groups excluding tert-OH is 1. The average molecular weight is 289 g/mol. The van der Waals surface area contributed by atoms with E-state index in [2.05, 4.69) is 10.3 Å². The summed E-state index contributed by atoms with van der Waals surface area (Å²) in [5.74, 6) is 0.284. The van der Waals surface area contributed by atoms with Crippen LogP contribution >= 0.6 is 0 Å². The molecule has 2 rings (SSSR count). The molecule has 0 aliphatic carbocycles. The molecule has 2 aromatic rings. The minimum atomic E-state index is -0.285. The molecule has 1 amide bonds. The van der Waals surface area contributed by atoms with Crippen LogP contribution in [-0.2, 0) is 4.79 Å². The Labute approximate surface area is 125 Å². The number of amides is 1. The van der Waals surface area contributed by atoms with Crippen LogP contribution in [0.3, 0.4) is 0 Å². The lowest BCUT2D eigenvalue weighted by Gasteiger charge is -2.15. The van der Waals surface area contributed by atoms with Gasteiger partial charge in [0.1, 0.15) is 6.04 Å². The fourth-order valence-electron chi connectivity index (χ4n) is 2.31. The SMILES string of the molecule is CC(CO)CCCNC(=O)C(C)n1cnc2ccccc21. The Kier molecular flexibility index (Phi) is 5.33. The van der Waals surface area contributed by atoms with Crippen LogP contribution in [0.15, 0.2) is 30.6 Å². The molecule has 0 fully saturated rings. The van der Waals surface area contributed by atoms with Crippen LogP contribution in [0, 0.1) is 5.92 Å². The van der Waals surface area contributed by atoms with Gasteiger partial charge >= 0.3 is 0 Å². The quantitative estimate of drug-likeness (QED) is 0.767. The Balaban J connectivity index is 1.90. The van der Waals surface area contributed by atoms with E-state index in [1.54, 1.807) is 6.33 Å². The van der Waals surface area contributed by atoms with Gasteiger partial charge in [0.2, 0.25) is 5.91 Å². The van der Waals surface area contributed by atoms with Crippen molar-refractivity contribution in [3.05, 3.63) is 30.6 Å². The number of nitrogens with zero attached hydrogens (tertiary/aromatic N) is 2. The van der Waals surface area contributed by atoms with E-state index in [-0.39, 0.29) is 24.5 Å². The van der Waals surface area contributed by atoms with Crippen molar-refractivity contribution in [3.63, 3.8) is 0 Å². The van der Waals surface area contributed by atoms with Crippen LogP contribution in [-0.4, -0.2) is 33.7 Å². The first-order chi connectivity index (χ1) is 10.1. The number of imidazole rings is 1. The van der Waals surface area contributed by atoms with Gasteiger partial charge in [0.25, 0.3) is 0 Å². The summed E-state index contributed by atoms with van der Waals surface area (Å²) in [4.78, 5) is 16.5. The van der Waals surface area contributed by atoms with E-state index >= 15 is 0 Å². The van der Waals surface area contributed by atoms with Gasteiger partial charge < -0.3 is 15.0 Å². The molecule has 0 saturated heterocycles. The first kappa shape index (κ1) is 15.5. The highest BCUT2D eigenvalue weighted by atomic mass is 16.3. The normalized spacial score (nSPS) is 14.0. The van der Waals surface area contributed by atoms with E-state index in [1.165, 1.54) is 0 Å². The number of aliphatic hydroxyl groups is 1. The zero-order chi connectivity index (χ0) is 15.2. The van der Waals surface area contributed by atoms with Crippen molar-refractivity contribution in [1.82, 2.24) is 14.9 Å². The molecule has 0 spiro atoms. The number of carbonyl (C=O) groups excluding carboxylic acids is 1. The maximum absolute atomic E-state index is 12.2. The molecule has 2 atom stereocenters. The zero-order valence-corrected chi connectivity index (χ0v) is 12.6. The molecule has 0 radical (unpaired) electrons. The molecule has 0 bridgehead atoms. The van der Waals surface area contributed by atoms with Crippen molar-refractivity contribution in [1.29, 1.82) is 0 Å². The van der Waals surface area contributed by atoms with Crippen molar-refractivity contribution < 1.29 is 9.90 Å². The molecule has 5 heteroatoms. The smallest absolute Gasteiger partial charge is 0.242 e. The van der Waals surface area contributed by atoms with E-state index < -0.39 is 0 Å². The third-order valence-corrected chi connectivity index (χ3v) is 3.76. The van der Waals surface area contributed by atoms with Crippen LogP contribution in [0.1, 0.15) is 32.7 Å².